The lowest BCUT2D eigenvalue weighted by atomic mass is 10.1. The second kappa shape index (κ2) is 7.78. The van der Waals surface area contributed by atoms with Crippen molar-refractivity contribution in [2.24, 2.45) is 0 Å². The summed E-state index contributed by atoms with van der Waals surface area (Å²) in [4.78, 5) is 2.57. The molecule has 1 N–H and O–H groups in total. The highest BCUT2D eigenvalue weighted by molar-refractivity contribution is 6.30. The molecule has 0 unspecified atom stereocenters. The molecule has 0 bridgehead atoms. The molecule has 1 aliphatic heterocycles. The van der Waals surface area contributed by atoms with Gasteiger partial charge in [0.25, 0.3) is 0 Å². The Labute approximate surface area is 115 Å². The first-order chi connectivity index (χ1) is 8.84. The van der Waals surface area contributed by atoms with Crippen molar-refractivity contribution in [3.8, 4) is 0 Å². The van der Waals surface area contributed by atoms with E-state index < -0.39 is 0 Å². The third-order valence-corrected chi connectivity index (χ3v) is 3.78. The fourth-order valence-electron chi connectivity index (χ4n) is 2.44. The summed E-state index contributed by atoms with van der Waals surface area (Å²) in [5, 5.41) is 4.33. The molecule has 100 valence electrons. The topological polar surface area (TPSA) is 15.3 Å². The number of benzene rings is 1. The van der Waals surface area contributed by atoms with Crippen LogP contribution in [0.1, 0.15) is 24.8 Å². The molecule has 0 aliphatic carbocycles. The molecular formula is C15H23ClN2. The standard InChI is InChI=1S/C15H23ClN2/c16-15-6-4-14(5-7-15)8-10-17-9-3-13-18-11-1-2-12-18/h4-7,17H,1-3,8-13H2. The zero-order valence-corrected chi connectivity index (χ0v) is 11.8. The van der Waals surface area contributed by atoms with Crippen LogP contribution in [0.15, 0.2) is 24.3 Å². The molecular weight excluding hydrogens is 244 g/mol. The van der Waals surface area contributed by atoms with Gasteiger partial charge < -0.3 is 10.2 Å². The van der Waals surface area contributed by atoms with Crippen LogP contribution in [-0.4, -0.2) is 37.6 Å². The van der Waals surface area contributed by atoms with Crippen molar-refractivity contribution >= 4 is 11.6 Å². The Morgan fingerprint density at radius 1 is 1.06 bits per heavy atom. The van der Waals surface area contributed by atoms with E-state index in [9.17, 15) is 0 Å². The van der Waals surface area contributed by atoms with Gasteiger partial charge in [0.1, 0.15) is 0 Å². The van der Waals surface area contributed by atoms with Gasteiger partial charge in [0.05, 0.1) is 0 Å². The molecule has 1 aromatic carbocycles. The molecule has 0 atom stereocenters. The molecule has 1 aliphatic rings. The largest absolute Gasteiger partial charge is 0.316 e. The van der Waals surface area contributed by atoms with Crippen molar-refractivity contribution in [3.05, 3.63) is 34.9 Å². The van der Waals surface area contributed by atoms with Crippen molar-refractivity contribution in [3.63, 3.8) is 0 Å². The molecule has 0 saturated carbocycles. The number of hydrogen-bond acceptors (Lipinski definition) is 2. The van der Waals surface area contributed by atoms with E-state index in [-0.39, 0.29) is 0 Å². The zero-order valence-electron chi connectivity index (χ0n) is 11.0. The van der Waals surface area contributed by atoms with Crippen LogP contribution in [0.4, 0.5) is 0 Å². The maximum absolute atomic E-state index is 5.86. The van der Waals surface area contributed by atoms with Crippen molar-refractivity contribution in [1.29, 1.82) is 0 Å². The Morgan fingerprint density at radius 3 is 2.50 bits per heavy atom. The fourth-order valence-corrected chi connectivity index (χ4v) is 2.57. The van der Waals surface area contributed by atoms with Gasteiger partial charge in [-0.3, -0.25) is 0 Å². The fraction of sp³-hybridized carbons (Fsp3) is 0.600. The predicted octanol–water partition coefficient (Wildman–Crippen LogP) is 2.96. The Kier molecular flexibility index (Phi) is 5.98. The Balaban J connectivity index is 1.49. The van der Waals surface area contributed by atoms with Gasteiger partial charge in [-0.15, -0.1) is 0 Å². The summed E-state index contributed by atoms with van der Waals surface area (Å²) < 4.78 is 0. The van der Waals surface area contributed by atoms with E-state index in [2.05, 4.69) is 22.3 Å². The molecule has 3 heteroatoms. The molecule has 0 amide bonds. The summed E-state index contributed by atoms with van der Waals surface area (Å²) in [6.07, 6.45) is 5.13. The molecule has 1 saturated heterocycles. The Morgan fingerprint density at radius 2 is 1.78 bits per heavy atom. The van der Waals surface area contributed by atoms with E-state index in [1.807, 2.05) is 12.1 Å². The predicted molar refractivity (Wildman–Crippen MR) is 78.3 cm³/mol. The average molecular weight is 267 g/mol. The summed E-state index contributed by atoms with van der Waals surface area (Å²) in [7, 11) is 0. The summed E-state index contributed by atoms with van der Waals surface area (Å²) in [5.74, 6) is 0. The van der Waals surface area contributed by atoms with Crippen LogP contribution in [0.3, 0.4) is 0 Å². The Bertz CT molecular complexity index is 331. The van der Waals surface area contributed by atoms with Gasteiger partial charge in [0.2, 0.25) is 0 Å². The summed E-state index contributed by atoms with van der Waals surface area (Å²) in [5.41, 5.74) is 1.35. The third kappa shape index (κ3) is 4.97. The second-order valence-electron chi connectivity index (χ2n) is 5.03. The molecule has 0 radical (unpaired) electrons. The molecule has 18 heavy (non-hydrogen) atoms. The molecule has 0 spiro atoms. The van der Waals surface area contributed by atoms with E-state index in [1.165, 1.54) is 44.5 Å². The maximum Gasteiger partial charge on any atom is 0.0406 e. The zero-order chi connectivity index (χ0) is 12.6. The lowest BCUT2D eigenvalue weighted by Crippen LogP contribution is -2.25. The first-order valence-corrected chi connectivity index (χ1v) is 7.40. The van der Waals surface area contributed by atoms with Crippen LogP contribution in [-0.2, 0) is 6.42 Å². The number of hydrogen-bond donors (Lipinski definition) is 1. The molecule has 1 aromatic rings. The SMILES string of the molecule is Clc1ccc(CCNCCCN2CCCC2)cc1. The minimum Gasteiger partial charge on any atom is -0.316 e. The van der Waals surface area contributed by atoms with Gasteiger partial charge in [-0.1, -0.05) is 23.7 Å². The lowest BCUT2D eigenvalue weighted by molar-refractivity contribution is 0.331. The van der Waals surface area contributed by atoms with E-state index in [0.717, 1.165) is 24.5 Å². The average Bonchev–Trinajstić information content (AvgIpc) is 2.89. The van der Waals surface area contributed by atoms with Gasteiger partial charge in [-0.05, 0) is 76.1 Å². The van der Waals surface area contributed by atoms with Crippen LogP contribution >= 0.6 is 11.6 Å². The quantitative estimate of drug-likeness (QED) is 0.764. The van der Waals surface area contributed by atoms with E-state index >= 15 is 0 Å². The van der Waals surface area contributed by atoms with Crippen LogP contribution in [0, 0.1) is 0 Å². The summed E-state index contributed by atoms with van der Waals surface area (Å²) >= 11 is 5.86. The van der Waals surface area contributed by atoms with Crippen molar-refractivity contribution in [2.75, 3.05) is 32.7 Å². The number of likely N-dealkylation sites (tertiary alicyclic amines) is 1. The van der Waals surface area contributed by atoms with Crippen LogP contribution in [0.25, 0.3) is 0 Å². The van der Waals surface area contributed by atoms with E-state index in [1.54, 1.807) is 0 Å². The first-order valence-electron chi connectivity index (χ1n) is 7.02. The molecule has 1 fully saturated rings. The molecule has 0 aromatic heterocycles. The molecule has 1 heterocycles. The smallest absolute Gasteiger partial charge is 0.0406 e. The van der Waals surface area contributed by atoms with Crippen molar-refractivity contribution < 1.29 is 0 Å². The minimum atomic E-state index is 0.817. The first kappa shape index (κ1) is 13.9. The maximum atomic E-state index is 5.86. The highest BCUT2D eigenvalue weighted by atomic mass is 35.5. The number of nitrogens with one attached hydrogen (secondary N) is 1. The monoisotopic (exact) mass is 266 g/mol. The molecule has 2 rings (SSSR count). The second-order valence-corrected chi connectivity index (χ2v) is 5.47. The minimum absolute atomic E-state index is 0.817. The number of nitrogens with zero attached hydrogens (tertiary/aromatic N) is 1. The number of rotatable bonds is 7. The third-order valence-electron chi connectivity index (χ3n) is 3.53. The summed E-state index contributed by atoms with van der Waals surface area (Å²) in [6.45, 7) is 6.06. The van der Waals surface area contributed by atoms with Gasteiger partial charge in [-0.25, -0.2) is 0 Å². The van der Waals surface area contributed by atoms with Crippen molar-refractivity contribution in [2.45, 2.75) is 25.7 Å². The summed E-state index contributed by atoms with van der Waals surface area (Å²) in [6, 6.07) is 8.14. The van der Waals surface area contributed by atoms with E-state index in [4.69, 9.17) is 11.6 Å². The number of halogens is 1. The normalized spacial score (nSPS) is 16.3. The van der Waals surface area contributed by atoms with Crippen LogP contribution in [0.5, 0.6) is 0 Å². The lowest BCUT2D eigenvalue weighted by Gasteiger charge is -2.14. The van der Waals surface area contributed by atoms with Gasteiger partial charge in [0, 0.05) is 5.02 Å². The van der Waals surface area contributed by atoms with Crippen LogP contribution < -0.4 is 5.32 Å². The van der Waals surface area contributed by atoms with Crippen molar-refractivity contribution in [1.82, 2.24) is 10.2 Å². The van der Waals surface area contributed by atoms with Crippen LogP contribution in [0.2, 0.25) is 5.02 Å². The Hall–Kier alpha value is -0.570. The molecule has 2 nitrogen and oxygen atoms in total. The van der Waals surface area contributed by atoms with Gasteiger partial charge in [-0.2, -0.15) is 0 Å². The van der Waals surface area contributed by atoms with Gasteiger partial charge >= 0.3 is 0 Å². The highest BCUT2D eigenvalue weighted by Gasteiger charge is 2.09. The van der Waals surface area contributed by atoms with Gasteiger partial charge in [0.15, 0.2) is 0 Å². The van der Waals surface area contributed by atoms with E-state index in [0.29, 0.717) is 0 Å². The highest BCUT2D eigenvalue weighted by Crippen LogP contribution is 2.09.